The van der Waals surface area contributed by atoms with Crippen LogP contribution in [0, 0.1) is 23.0 Å². The Morgan fingerprint density at radius 3 is 2.58 bits per heavy atom. The zero-order valence-electron chi connectivity index (χ0n) is 11.6. The summed E-state index contributed by atoms with van der Waals surface area (Å²) >= 11 is 5.92. The molecule has 1 aromatic rings. The van der Waals surface area contributed by atoms with E-state index in [1.165, 1.54) is 6.07 Å². The van der Waals surface area contributed by atoms with Gasteiger partial charge in [-0.15, -0.1) is 0 Å². The Balaban J connectivity index is 3.01. The highest BCUT2D eigenvalue weighted by molar-refractivity contribution is 6.33. The van der Waals surface area contributed by atoms with Crippen molar-refractivity contribution in [3.8, 4) is 0 Å². The summed E-state index contributed by atoms with van der Waals surface area (Å²) in [6.07, 6.45) is 0. The number of rotatable bonds is 6. The standard InChI is InChI=1S/C13H19ClN2O3/c1-8(2)12(7-19-4)15-11-6-10(14)13(16(17)18)5-9(11)3/h5-6,8,12,15H,7H2,1-4H3. The summed E-state index contributed by atoms with van der Waals surface area (Å²) in [6, 6.07) is 3.20. The molecular formula is C13H19ClN2O3. The van der Waals surface area contributed by atoms with Crippen LogP contribution in [0.5, 0.6) is 0 Å². The molecule has 0 saturated carbocycles. The molecule has 0 aromatic heterocycles. The van der Waals surface area contributed by atoms with Crippen molar-refractivity contribution in [3.05, 3.63) is 32.8 Å². The third kappa shape index (κ3) is 4.08. The van der Waals surface area contributed by atoms with E-state index in [9.17, 15) is 10.1 Å². The maximum Gasteiger partial charge on any atom is 0.288 e. The number of nitro benzene ring substituents is 1. The number of ether oxygens (including phenoxy) is 1. The van der Waals surface area contributed by atoms with Gasteiger partial charge in [-0.2, -0.15) is 0 Å². The van der Waals surface area contributed by atoms with Gasteiger partial charge >= 0.3 is 0 Å². The lowest BCUT2D eigenvalue weighted by atomic mass is 10.0. The molecule has 0 bridgehead atoms. The number of halogens is 1. The van der Waals surface area contributed by atoms with Crippen molar-refractivity contribution in [3.63, 3.8) is 0 Å². The molecule has 0 aliphatic carbocycles. The smallest absolute Gasteiger partial charge is 0.288 e. The fraction of sp³-hybridized carbons (Fsp3) is 0.538. The summed E-state index contributed by atoms with van der Waals surface area (Å²) in [6.45, 7) is 6.54. The van der Waals surface area contributed by atoms with Crippen molar-refractivity contribution in [1.29, 1.82) is 0 Å². The average Bonchev–Trinajstić information content (AvgIpc) is 2.32. The number of methoxy groups -OCH3 is 1. The molecule has 0 heterocycles. The largest absolute Gasteiger partial charge is 0.383 e. The molecule has 0 radical (unpaired) electrons. The first-order valence-corrected chi connectivity index (χ1v) is 6.44. The fourth-order valence-electron chi connectivity index (χ4n) is 1.74. The molecule has 1 rings (SSSR count). The summed E-state index contributed by atoms with van der Waals surface area (Å²) in [5.41, 5.74) is 1.52. The molecule has 1 atom stereocenters. The quantitative estimate of drug-likeness (QED) is 0.640. The minimum absolute atomic E-state index is 0.0717. The molecule has 0 saturated heterocycles. The fourth-order valence-corrected chi connectivity index (χ4v) is 1.97. The Kier molecular flexibility index (Phi) is 5.57. The van der Waals surface area contributed by atoms with E-state index in [4.69, 9.17) is 16.3 Å². The second kappa shape index (κ2) is 6.73. The predicted molar refractivity (Wildman–Crippen MR) is 77.0 cm³/mol. The molecule has 5 nitrogen and oxygen atoms in total. The maximum absolute atomic E-state index is 10.8. The number of nitrogens with zero attached hydrogens (tertiary/aromatic N) is 1. The van der Waals surface area contributed by atoms with Crippen LogP contribution >= 0.6 is 11.6 Å². The lowest BCUT2D eigenvalue weighted by Gasteiger charge is -2.23. The topological polar surface area (TPSA) is 64.4 Å². The number of anilines is 1. The van der Waals surface area contributed by atoms with Crippen LogP contribution in [-0.4, -0.2) is 24.7 Å². The summed E-state index contributed by atoms with van der Waals surface area (Å²) < 4.78 is 5.17. The first-order valence-electron chi connectivity index (χ1n) is 6.06. The third-order valence-electron chi connectivity index (χ3n) is 2.98. The SMILES string of the molecule is COCC(Nc1cc(Cl)c([N+](=O)[O-])cc1C)C(C)C. The number of nitro groups is 1. The van der Waals surface area contributed by atoms with E-state index >= 15 is 0 Å². The number of hydrogen-bond donors (Lipinski definition) is 1. The van der Waals surface area contributed by atoms with Crippen LogP contribution in [-0.2, 0) is 4.74 Å². The molecule has 0 amide bonds. The van der Waals surface area contributed by atoms with Crippen molar-refractivity contribution in [2.75, 3.05) is 19.0 Å². The minimum Gasteiger partial charge on any atom is -0.383 e. The highest BCUT2D eigenvalue weighted by Crippen LogP contribution is 2.31. The van der Waals surface area contributed by atoms with Crippen LogP contribution in [0.15, 0.2) is 12.1 Å². The van der Waals surface area contributed by atoms with E-state index in [1.54, 1.807) is 13.2 Å². The molecule has 1 unspecified atom stereocenters. The van der Waals surface area contributed by atoms with Crippen molar-refractivity contribution < 1.29 is 9.66 Å². The molecule has 106 valence electrons. The second-order valence-corrected chi connectivity index (χ2v) is 5.23. The van der Waals surface area contributed by atoms with E-state index in [0.29, 0.717) is 12.5 Å². The summed E-state index contributed by atoms with van der Waals surface area (Å²) in [5.74, 6) is 0.369. The Morgan fingerprint density at radius 1 is 1.47 bits per heavy atom. The maximum atomic E-state index is 10.8. The lowest BCUT2D eigenvalue weighted by Crippen LogP contribution is -2.30. The molecular weight excluding hydrogens is 268 g/mol. The highest BCUT2D eigenvalue weighted by Gasteiger charge is 2.18. The molecule has 1 N–H and O–H groups in total. The Labute approximate surface area is 118 Å². The summed E-state index contributed by atoms with van der Waals surface area (Å²) in [5, 5.41) is 14.3. The number of aryl methyl sites for hydroxylation is 1. The van der Waals surface area contributed by atoms with Crippen molar-refractivity contribution in [1.82, 2.24) is 0 Å². The van der Waals surface area contributed by atoms with Gasteiger partial charge in [0.05, 0.1) is 17.6 Å². The molecule has 19 heavy (non-hydrogen) atoms. The van der Waals surface area contributed by atoms with Crippen molar-refractivity contribution in [2.24, 2.45) is 5.92 Å². The molecule has 1 aromatic carbocycles. The van der Waals surface area contributed by atoms with Crippen molar-refractivity contribution >= 4 is 23.0 Å². The van der Waals surface area contributed by atoms with Crippen LogP contribution in [0.1, 0.15) is 19.4 Å². The van der Waals surface area contributed by atoms with Gasteiger partial charge in [-0.1, -0.05) is 25.4 Å². The van der Waals surface area contributed by atoms with Crippen LogP contribution in [0.3, 0.4) is 0 Å². The first kappa shape index (κ1) is 15.7. The number of nitrogens with one attached hydrogen (secondary N) is 1. The van der Waals surface area contributed by atoms with E-state index in [2.05, 4.69) is 19.2 Å². The van der Waals surface area contributed by atoms with Gasteiger partial charge in [0.1, 0.15) is 5.02 Å². The zero-order valence-corrected chi connectivity index (χ0v) is 12.3. The monoisotopic (exact) mass is 286 g/mol. The summed E-state index contributed by atoms with van der Waals surface area (Å²) in [4.78, 5) is 10.3. The first-order chi connectivity index (χ1) is 8.86. The number of hydrogen-bond acceptors (Lipinski definition) is 4. The molecule has 0 spiro atoms. The second-order valence-electron chi connectivity index (χ2n) is 4.83. The van der Waals surface area contributed by atoms with Gasteiger partial charge in [0.2, 0.25) is 0 Å². The van der Waals surface area contributed by atoms with Crippen LogP contribution < -0.4 is 5.32 Å². The Bertz CT molecular complexity index is 463. The normalized spacial score (nSPS) is 12.5. The lowest BCUT2D eigenvalue weighted by molar-refractivity contribution is -0.384. The van der Waals surface area contributed by atoms with Gasteiger partial charge in [-0.3, -0.25) is 10.1 Å². The minimum atomic E-state index is -0.478. The average molecular weight is 287 g/mol. The van der Waals surface area contributed by atoms with E-state index in [-0.39, 0.29) is 16.8 Å². The highest BCUT2D eigenvalue weighted by atomic mass is 35.5. The van der Waals surface area contributed by atoms with E-state index in [0.717, 1.165) is 11.3 Å². The summed E-state index contributed by atoms with van der Waals surface area (Å²) in [7, 11) is 1.65. The van der Waals surface area contributed by atoms with Gasteiger partial charge in [-0.05, 0) is 24.5 Å². The molecule has 0 aliphatic heterocycles. The molecule has 0 aliphatic rings. The van der Waals surface area contributed by atoms with Gasteiger partial charge in [0.15, 0.2) is 0 Å². The zero-order chi connectivity index (χ0) is 14.6. The number of benzene rings is 1. The predicted octanol–water partition coefficient (Wildman–Crippen LogP) is 3.64. The van der Waals surface area contributed by atoms with Crippen LogP contribution in [0.4, 0.5) is 11.4 Å². The Morgan fingerprint density at radius 2 is 2.11 bits per heavy atom. The van der Waals surface area contributed by atoms with Gasteiger partial charge in [0.25, 0.3) is 5.69 Å². The molecule has 6 heteroatoms. The van der Waals surface area contributed by atoms with Crippen LogP contribution in [0.25, 0.3) is 0 Å². The van der Waals surface area contributed by atoms with E-state index < -0.39 is 4.92 Å². The third-order valence-corrected chi connectivity index (χ3v) is 3.29. The van der Waals surface area contributed by atoms with Gasteiger partial charge in [-0.25, -0.2) is 0 Å². The Hall–Kier alpha value is -1.33. The van der Waals surface area contributed by atoms with Gasteiger partial charge in [0, 0.05) is 18.9 Å². The molecule has 0 fully saturated rings. The van der Waals surface area contributed by atoms with Gasteiger partial charge < -0.3 is 10.1 Å². The van der Waals surface area contributed by atoms with Crippen LogP contribution in [0.2, 0.25) is 5.02 Å². The van der Waals surface area contributed by atoms with E-state index in [1.807, 2.05) is 6.92 Å². The van der Waals surface area contributed by atoms with Crippen molar-refractivity contribution in [2.45, 2.75) is 26.8 Å².